The fourth-order valence-electron chi connectivity index (χ4n) is 3.19. The molecule has 0 spiro atoms. The van der Waals surface area contributed by atoms with Crippen molar-refractivity contribution in [1.82, 2.24) is 15.2 Å². The van der Waals surface area contributed by atoms with Crippen LogP contribution in [0.2, 0.25) is 0 Å². The van der Waals surface area contributed by atoms with E-state index in [1.165, 1.54) is 5.56 Å². The Balaban J connectivity index is 1.38. The van der Waals surface area contributed by atoms with E-state index in [2.05, 4.69) is 32.6 Å². The van der Waals surface area contributed by atoms with Crippen molar-refractivity contribution in [3.8, 4) is 0 Å². The van der Waals surface area contributed by atoms with Crippen molar-refractivity contribution in [3.63, 3.8) is 0 Å². The van der Waals surface area contributed by atoms with Gasteiger partial charge < -0.3 is 5.32 Å². The molecule has 2 aromatic carbocycles. The van der Waals surface area contributed by atoms with E-state index in [0.29, 0.717) is 12.2 Å². The van der Waals surface area contributed by atoms with Gasteiger partial charge in [0.25, 0.3) is 0 Å². The van der Waals surface area contributed by atoms with Crippen LogP contribution in [0.3, 0.4) is 0 Å². The van der Waals surface area contributed by atoms with Crippen LogP contribution < -0.4 is 5.32 Å². The fraction of sp³-hybridized carbons (Fsp3) is 0.136. The van der Waals surface area contributed by atoms with E-state index < -0.39 is 0 Å². The quantitative estimate of drug-likeness (QED) is 0.550. The molecule has 0 aliphatic rings. The molecule has 0 bridgehead atoms. The van der Waals surface area contributed by atoms with Crippen molar-refractivity contribution in [2.24, 2.45) is 0 Å². The van der Waals surface area contributed by atoms with Crippen LogP contribution >= 0.6 is 0 Å². The number of carbonyl (C=O) groups is 1. The number of aryl methyl sites for hydroxylation is 2. The first kappa shape index (κ1) is 17.0. The van der Waals surface area contributed by atoms with Gasteiger partial charge >= 0.3 is 0 Å². The molecule has 5 nitrogen and oxygen atoms in total. The highest BCUT2D eigenvalue weighted by atomic mass is 16.1. The second-order valence-corrected chi connectivity index (χ2v) is 6.50. The van der Waals surface area contributed by atoms with E-state index in [1.807, 2.05) is 54.7 Å². The Hall–Kier alpha value is -3.47. The van der Waals surface area contributed by atoms with Crippen LogP contribution in [0.1, 0.15) is 16.8 Å². The predicted molar refractivity (Wildman–Crippen MR) is 107 cm³/mol. The molecular formula is C22H20N4O. The molecule has 4 rings (SSSR count). The first-order chi connectivity index (χ1) is 13.3. The van der Waals surface area contributed by atoms with Gasteiger partial charge in [0.15, 0.2) is 0 Å². The molecule has 2 heterocycles. The minimum absolute atomic E-state index is 0.0613. The Labute approximate surface area is 157 Å². The third-order valence-corrected chi connectivity index (χ3v) is 4.53. The highest BCUT2D eigenvalue weighted by Crippen LogP contribution is 2.19. The fourth-order valence-corrected chi connectivity index (χ4v) is 3.19. The number of H-pyrrole nitrogens is 1. The van der Waals surface area contributed by atoms with Crippen molar-refractivity contribution in [1.29, 1.82) is 0 Å². The Morgan fingerprint density at radius 3 is 2.78 bits per heavy atom. The monoisotopic (exact) mass is 356 g/mol. The summed E-state index contributed by atoms with van der Waals surface area (Å²) in [6.07, 6.45) is 5.61. The van der Waals surface area contributed by atoms with Crippen LogP contribution in [0.15, 0.2) is 73.1 Å². The van der Waals surface area contributed by atoms with Crippen LogP contribution in [0, 0.1) is 0 Å². The highest BCUT2D eigenvalue weighted by Gasteiger charge is 2.09. The smallest absolute Gasteiger partial charge is 0.229 e. The molecule has 0 saturated heterocycles. The third-order valence-electron chi connectivity index (χ3n) is 4.53. The van der Waals surface area contributed by atoms with Crippen LogP contribution in [0.5, 0.6) is 0 Å². The Morgan fingerprint density at radius 2 is 1.89 bits per heavy atom. The number of amides is 1. The van der Waals surface area contributed by atoms with E-state index in [0.717, 1.165) is 34.9 Å². The summed E-state index contributed by atoms with van der Waals surface area (Å²) in [7, 11) is 0. The molecule has 0 saturated carbocycles. The zero-order chi connectivity index (χ0) is 18.5. The number of nitrogens with one attached hydrogen (secondary N) is 2. The number of anilines is 1. The van der Waals surface area contributed by atoms with Crippen LogP contribution in [-0.4, -0.2) is 21.1 Å². The number of rotatable bonds is 6. The van der Waals surface area contributed by atoms with Gasteiger partial charge in [0.1, 0.15) is 5.82 Å². The largest absolute Gasteiger partial charge is 0.311 e. The molecule has 134 valence electrons. The Bertz CT molecular complexity index is 1050. The summed E-state index contributed by atoms with van der Waals surface area (Å²) >= 11 is 0. The molecule has 0 radical (unpaired) electrons. The van der Waals surface area contributed by atoms with E-state index in [1.54, 1.807) is 6.20 Å². The molecular weight excluding hydrogens is 336 g/mol. The topological polar surface area (TPSA) is 70.7 Å². The number of fused-ring (bicyclic) bond motifs is 1. The molecule has 27 heavy (non-hydrogen) atoms. The summed E-state index contributed by atoms with van der Waals surface area (Å²) < 4.78 is 0. The zero-order valence-corrected chi connectivity index (χ0v) is 14.9. The van der Waals surface area contributed by atoms with Crippen molar-refractivity contribution in [2.75, 3.05) is 5.32 Å². The lowest BCUT2D eigenvalue weighted by Crippen LogP contribution is -2.14. The van der Waals surface area contributed by atoms with Crippen LogP contribution in [0.25, 0.3) is 10.8 Å². The molecule has 0 fully saturated rings. The van der Waals surface area contributed by atoms with E-state index in [4.69, 9.17) is 0 Å². The van der Waals surface area contributed by atoms with Gasteiger partial charge in [-0.15, -0.1) is 0 Å². The maximum atomic E-state index is 12.4. The normalized spacial score (nSPS) is 10.8. The minimum atomic E-state index is -0.0613. The van der Waals surface area contributed by atoms with Gasteiger partial charge in [-0.1, -0.05) is 48.5 Å². The highest BCUT2D eigenvalue weighted by molar-refractivity contribution is 5.95. The van der Waals surface area contributed by atoms with Gasteiger partial charge in [0.2, 0.25) is 5.91 Å². The summed E-state index contributed by atoms with van der Waals surface area (Å²) in [5.74, 6) is 0.565. The molecule has 2 N–H and O–H groups in total. The van der Waals surface area contributed by atoms with Gasteiger partial charge in [-0.2, -0.15) is 5.10 Å². The van der Waals surface area contributed by atoms with Crippen LogP contribution in [0.4, 0.5) is 5.82 Å². The number of hydrogen-bond donors (Lipinski definition) is 2. The number of hydrogen-bond acceptors (Lipinski definition) is 3. The maximum Gasteiger partial charge on any atom is 0.229 e. The Kier molecular flexibility index (Phi) is 4.92. The van der Waals surface area contributed by atoms with Crippen molar-refractivity contribution < 1.29 is 4.79 Å². The van der Waals surface area contributed by atoms with Gasteiger partial charge in [-0.05, 0) is 40.8 Å². The first-order valence-electron chi connectivity index (χ1n) is 8.97. The van der Waals surface area contributed by atoms with Gasteiger partial charge in [-0.25, -0.2) is 0 Å². The molecule has 4 aromatic rings. The molecule has 0 unspecified atom stereocenters. The number of nitrogens with zero attached hydrogens (tertiary/aromatic N) is 2. The maximum absolute atomic E-state index is 12.4. The zero-order valence-electron chi connectivity index (χ0n) is 14.9. The SMILES string of the molecule is O=C(Cc1cccc2ccccc12)Nc1cc(CCc2cccnc2)n[nH]1. The van der Waals surface area contributed by atoms with Crippen molar-refractivity contribution in [2.45, 2.75) is 19.3 Å². The third kappa shape index (κ3) is 4.20. The number of pyridine rings is 1. The van der Waals surface area contributed by atoms with Crippen LogP contribution in [-0.2, 0) is 24.1 Å². The lowest BCUT2D eigenvalue weighted by Gasteiger charge is -2.06. The summed E-state index contributed by atoms with van der Waals surface area (Å²) in [6, 6.07) is 20.0. The van der Waals surface area contributed by atoms with Gasteiger partial charge in [-0.3, -0.25) is 14.9 Å². The number of aromatic amines is 1. The molecule has 0 aliphatic heterocycles. The molecule has 1 amide bonds. The molecule has 0 aliphatic carbocycles. The summed E-state index contributed by atoms with van der Waals surface area (Å²) in [6.45, 7) is 0. The number of aromatic nitrogens is 3. The second kappa shape index (κ2) is 7.83. The number of carbonyl (C=O) groups excluding carboxylic acids is 1. The van der Waals surface area contributed by atoms with Gasteiger partial charge in [0, 0.05) is 18.5 Å². The lowest BCUT2D eigenvalue weighted by molar-refractivity contribution is -0.115. The summed E-state index contributed by atoms with van der Waals surface area (Å²) in [5, 5.41) is 12.3. The average Bonchev–Trinajstić information content (AvgIpc) is 3.15. The van der Waals surface area contributed by atoms with E-state index in [-0.39, 0.29) is 5.91 Å². The lowest BCUT2D eigenvalue weighted by atomic mass is 10.0. The van der Waals surface area contributed by atoms with Crippen molar-refractivity contribution in [3.05, 3.63) is 89.9 Å². The summed E-state index contributed by atoms with van der Waals surface area (Å²) in [4.78, 5) is 16.6. The van der Waals surface area contributed by atoms with E-state index in [9.17, 15) is 4.79 Å². The average molecular weight is 356 g/mol. The first-order valence-corrected chi connectivity index (χ1v) is 8.97. The molecule has 0 atom stereocenters. The molecule has 2 aromatic heterocycles. The molecule has 5 heteroatoms. The standard InChI is InChI=1S/C22H20N4O/c27-22(13-18-8-3-7-17-6-1-2-9-20(17)18)24-21-14-19(25-26-21)11-10-16-5-4-12-23-15-16/h1-9,12,14-15H,10-11,13H2,(H2,24,25,26,27). The van der Waals surface area contributed by atoms with Crippen molar-refractivity contribution >= 4 is 22.5 Å². The van der Waals surface area contributed by atoms with E-state index >= 15 is 0 Å². The minimum Gasteiger partial charge on any atom is -0.311 e. The second-order valence-electron chi connectivity index (χ2n) is 6.50. The Morgan fingerprint density at radius 1 is 1.00 bits per heavy atom. The van der Waals surface area contributed by atoms with Gasteiger partial charge in [0.05, 0.1) is 12.1 Å². The predicted octanol–water partition coefficient (Wildman–Crippen LogP) is 3.92. The number of benzene rings is 2. The summed E-state index contributed by atoms with van der Waals surface area (Å²) in [5.41, 5.74) is 3.10.